The number of carbonyl (C=O) groups is 1. The summed E-state index contributed by atoms with van der Waals surface area (Å²) in [6.45, 7) is 4.44. The van der Waals surface area contributed by atoms with Crippen LogP contribution in [0.2, 0.25) is 0 Å². The molecule has 34 heavy (non-hydrogen) atoms. The largest absolute Gasteiger partial charge is 0.497 e. The Hall–Kier alpha value is -4.13. The van der Waals surface area contributed by atoms with Gasteiger partial charge in [-0.15, -0.1) is 0 Å². The molecule has 1 aromatic heterocycles. The van der Waals surface area contributed by atoms with Gasteiger partial charge >= 0.3 is 0 Å². The Balaban J connectivity index is 1.59. The first-order valence-corrected chi connectivity index (χ1v) is 11.2. The van der Waals surface area contributed by atoms with E-state index in [-0.39, 0.29) is 11.5 Å². The minimum Gasteiger partial charge on any atom is -0.497 e. The molecular weight excluding hydrogens is 430 g/mol. The van der Waals surface area contributed by atoms with Gasteiger partial charge in [0.2, 0.25) is 0 Å². The predicted molar refractivity (Wildman–Crippen MR) is 133 cm³/mol. The lowest BCUT2D eigenvalue weighted by atomic mass is 10.1. The molecule has 4 rings (SSSR count). The third-order valence-corrected chi connectivity index (χ3v) is 5.52. The molecule has 0 fully saturated rings. The van der Waals surface area contributed by atoms with Crippen LogP contribution in [0.4, 0.5) is 5.69 Å². The maximum absolute atomic E-state index is 13.0. The number of rotatable bonds is 8. The van der Waals surface area contributed by atoms with Gasteiger partial charge in [0.1, 0.15) is 17.3 Å². The van der Waals surface area contributed by atoms with Crippen molar-refractivity contribution in [1.29, 1.82) is 0 Å². The molecule has 0 spiro atoms. The molecule has 0 bridgehead atoms. The molecule has 1 N–H and O–H groups in total. The Kier molecular flexibility index (Phi) is 6.92. The monoisotopic (exact) mass is 457 g/mol. The molecule has 7 nitrogen and oxygen atoms in total. The number of hydrogen-bond donors (Lipinski definition) is 1. The van der Waals surface area contributed by atoms with Gasteiger partial charge in [-0.1, -0.05) is 25.5 Å². The summed E-state index contributed by atoms with van der Waals surface area (Å²) in [4.78, 5) is 30.5. The minimum absolute atomic E-state index is 0.148. The second kappa shape index (κ2) is 10.2. The van der Waals surface area contributed by atoms with Crippen molar-refractivity contribution in [3.63, 3.8) is 0 Å². The zero-order valence-electron chi connectivity index (χ0n) is 19.5. The minimum atomic E-state index is -0.291. The number of para-hydroxylation sites is 1. The van der Waals surface area contributed by atoms with Crippen LogP contribution in [0.3, 0.4) is 0 Å². The second-order valence-electron chi connectivity index (χ2n) is 7.88. The Labute approximate surface area is 198 Å². The lowest BCUT2D eigenvalue weighted by molar-refractivity contribution is 0.102. The molecule has 1 heterocycles. The van der Waals surface area contributed by atoms with Gasteiger partial charge in [0.05, 0.1) is 36.0 Å². The zero-order valence-corrected chi connectivity index (χ0v) is 19.5. The highest BCUT2D eigenvalue weighted by atomic mass is 16.5. The Morgan fingerprint density at radius 1 is 1.06 bits per heavy atom. The predicted octanol–water partition coefficient (Wildman–Crippen LogP) is 5.13. The Morgan fingerprint density at radius 3 is 2.56 bits per heavy atom. The first-order valence-electron chi connectivity index (χ1n) is 11.2. The first-order chi connectivity index (χ1) is 16.5. The number of aryl methyl sites for hydroxylation is 1. The number of amides is 1. The smallest absolute Gasteiger partial charge is 0.265 e. The molecule has 1 amide bonds. The number of unbranched alkanes of at least 4 members (excludes halogenated alkanes) is 1. The molecule has 7 heteroatoms. The number of aromatic nitrogens is 2. The van der Waals surface area contributed by atoms with Gasteiger partial charge in [0, 0.05) is 11.6 Å². The van der Waals surface area contributed by atoms with E-state index in [1.54, 1.807) is 67.1 Å². The Bertz CT molecular complexity index is 1380. The summed E-state index contributed by atoms with van der Waals surface area (Å²) >= 11 is 0. The zero-order chi connectivity index (χ0) is 24.1. The van der Waals surface area contributed by atoms with Gasteiger partial charge in [-0.25, -0.2) is 4.98 Å². The van der Waals surface area contributed by atoms with E-state index in [1.165, 1.54) is 0 Å². The molecule has 0 radical (unpaired) electrons. The number of ether oxygens (including phenoxy) is 2. The van der Waals surface area contributed by atoms with E-state index in [2.05, 4.69) is 17.2 Å². The van der Waals surface area contributed by atoms with E-state index < -0.39 is 0 Å². The SMILES string of the molecule is CCCCOc1ccc(OC)cc1NC(=O)c1ccc(-n2c(C)nc3ccccc3c2=O)cc1. The fourth-order valence-corrected chi connectivity index (χ4v) is 3.69. The van der Waals surface area contributed by atoms with Crippen LogP contribution in [0, 0.1) is 6.92 Å². The standard InChI is InChI=1S/C27H27N3O4/c1-4-5-16-34-25-15-14-21(33-3)17-24(25)29-26(31)19-10-12-20(13-11-19)30-18(2)28-23-9-7-6-8-22(23)27(30)32/h6-15,17H,4-5,16H2,1-3H3,(H,29,31). The summed E-state index contributed by atoms with van der Waals surface area (Å²) in [5.41, 5.74) is 2.14. The number of nitrogens with zero attached hydrogens (tertiary/aromatic N) is 2. The molecular formula is C27H27N3O4. The fraction of sp³-hybridized carbons (Fsp3) is 0.222. The van der Waals surface area contributed by atoms with Gasteiger partial charge in [0.15, 0.2) is 0 Å². The van der Waals surface area contributed by atoms with Crippen molar-refractivity contribution in [2.75, 3.05) is 19.0 Å². The third-order valence-electron chi connectivity index (χ3n) is 5.52. The quantitative estimate of drug-likeness (QED) is 0.371. The van der Waals surface area contributed by atoms with E-state index in [4.69, 9.17) is 9.47 Å². The van der Waals surface area contributed by atoms with Crippen LogP contribution in [-0.2, 0) is 0 Å². The molecule has 4 aromatic rings. The highest BCUT2D eigenvalue weighted by Crippen LogP contribution is 2.30. The van der Waals surface area contributed by atoms with E-state index in [0.29, 0.717) is 51.8 Å². The number of nitrogens with one attached hydrogen (secondary N) is 1. The lowest BCUT2D eigenvalue weighted by Crippen LogP contribution is -2.22. The van der Waals surface area contributed by atoms with Crippen molar-refractivity contribution >= 4 is 22.5 Å². The van der Waals surface area contributed by atoms with Crippen molar-refractivity contribution < 1.29 is 14.3 Å². The fourth-order valence-electron chi connectivity index (χ4n) is 3.69. The number of benzene rings is 3. The van der Waals surface area contributed by atoms with Crippen molar-refractivity contribution in [1.82, 2.24) is 9.55 Å². The first kappa shape index (κ1) is 23.0. The van der Waals surface area contributed by atoms with Gasteiger partial charge in [-0.05, 0) is 61.9 Å². The summed E-state index contributed by atoms with van der Waals surface area (Å²) in [7, 11) is 1.57. The molecule has 0 aliphatic rings. The van der Waals surface area contributed by atoms with Gasteiger partial charge in [-0.2, -0.15) is 0 Å². The lowest BCUT2D eigenvalue weighted by Gasteiger charge is -2.14. The summed E-state index contributed by atoms with van der Waals surface area (Å²) in [5.74, 6) is 1.49. The van der Waals surface area contributed by atoms with Gasteiger partial charge in [0.25, 0.3) is 11.5 Å². The van der Waals surface area contributed by atoms with Crippen molar-refractivity contribution in [2.45, 2.75) is 26.7 Å². The highest BCUT2D eigenvalue weighted by molar-refractivity contribution is 6.05. The molecule has 0 saturated heterocycles. The van der Waals surface area contributed by atoms with E-state index in [9.17, 15) is 9.59 Å². The molecule has 0 atom stereocenters. The summed E-state index contributed by atoms with van der Waals surface area (Å²) in [5, 5.41) is 3.45. The average molecular weight is 458 g/mol. The number of methoxy groups -OCH3 is 1. The summed E-state index contributed by atoms with van der Waals surface area (Å²) < 4.78 is 12.7. The molecule has 0 aliphatic heterocycles. The number of hydrogen-bond acceptors (Lipinski definition) is 5. The molecule has 0 saturated carbocycles. The van der Waals surface area contributed by atoms with Crippen LogP contribution in [0.1, 0.15) is 35.9 Å². The molecule has 0 aliphatic carbocycles. The van der Waals surface area contributed by atoms with E-state index in [1.807, 2.05) is 18.2 Å². The normalized spacial score (nSPS) is 10.8. The van der Waals surface area contributed by atoms with E-state index in [0.717, 1.165) is 12.8 Å². The van der Waals surface area contributed by atoms with Crippen LogP contribution >= 0.6 is 0 Å². The van der Waals surface area contributed by atoms with Crippen LogP contribution in [0.5, 0.6) is 11.5 Å². The molecule has 0 unspecified atom stereocenters. The maximum atomic E-state index is 13.0. The number of carbonyl (C=O) groups excluding carboxylic acids is 1. The highest BCUT2D eigenvalue weighted by Gasteiger charge is 2.14. The Morgan fingerprint density at radius 2 is 1.82 bits per heavy atom. The summed E-state index contributed by atoms with van der Waals surface area (Å²) in [6, 6.07) is 19.4. The second-order valence-corrected chi connectivity index (χ2v) is 7.88. The molecule has 174 valence electrons. The maximum Gasteiger partial charge on any atom is 0.265 e. The topological polar surface area (TPSA) is 82.4 Å². The molecule has 3 aromatic carbocycles. The number of fused-ring (bicyclic) bond motifs is 1. The summed E-state index contributed by atoms with van der Waals surface area (Å²) in [6.07, 6.45) is 1.93. The van der Waals surface area contributed by atoms with Crippen molar-refractivity contribution in [2.24, 2.45) is 0 Å². The van der Waals surface area contributed by atoms with Crippen molar-refractivity contribution in [3.05, 3.63) is 88.5 Å². The third kappa shape index (κ3) is 4.78. The van der Waals surface area contributed by atoms with Crippen LogP contribution in [0.25, 0.3) is 16.6 Å². The van der Waals surface area contributed by atoms with Crippen LogP contribution in [-0.4, -0.2) is 29.2 Å². The average Bonchev–Trinajstić information content (AvgIpc) is 2.85. The van der Waals surface area contributed by atoms with Gasteiger partial charge in [-0.3, -0.25) is 14.2 Å². The van der Waals surface area contributed by atoms with Crippen molar-refractivity contribution in [3.8, 4) is 17.2 Å². The van der Waals surface area contributed by atoms with Gasteiger partial charge < -0.3 is 14.8 Å². The van der Waals surface area contributed by atoms with E-state index >= 15 is 0 Å². The van der Waals surface area contributed by atoms with Crippen LogP contribution in [0.15, 0.2) is 71.5 Å². The number of anilines is 1. The van der Waals surface area contributed by atoms with Crippen LogP contribution < -0.4 is 20.3 Å².